The first-order valence-electron chi connectivity index (χ1n) is 10.2. The molecule has 1 aliphatic heterocycles. The quantitative estimate of drug-likeness (QED) is 0.477. The minimum absolute atomic E-state index is 0.207. The second-order valence-electron chi connectivity index (χ2n) is 7.05. The predicted molar refractivity (Wildman–Crippen MR) is 111 cm³/mol. The average Bonchev–Trinajstić information content (AvgIpc) is 3.26. The van der Waals surface area contributed by atoms with E-state index in [1.54, 1.807) is 24.3 Å². The number of nitrogens with one attached hydrogen (secondary N) is 3. The van der Waals surface area contributed by atoms with Crippen molar-refractivity contribution >= 4 is 23.6 Å². The van der Waals surface area contributed by atoms with Crippen LogP contribution in [0.4, 0.5) is 0 Å². The highest BCUT2D eigenvalue weighted by molar-refractivity contribution is 5.97. The Labute approximate surface area is 176 Å². The highest BCUT2D eigenvalue weighted by atomic mass is 16.5. The number of ether oxygens (including phenoxy) is 1. The maximum Gasteiger partial charge on any atom is 0.251 e. The zero-order chi connectivity index (χ0) is 21.9. The number of rotatable bonds is 10. The molecule has 1 aliphatic rings. The van der Waals surface area contributed by atoms with Crippen molar-refractivity contribution in [1.82, 2.24) is 20.9 Å². The van der Waals surface area contributed by atoms with Crippen LogP contribution in [-0.4, -0.2) is 67.9 Å². The van der Waals surface area contributed by atoms with Gasteiger partial charge in [0.15, 0.2) is 0 Å². The van der Waals surface area contributed by atoms with Gasteiger partial charge in [0.2, 0.25) is 17.7 Å². The van der Waals surface area contributed by atoms with E-state index in [1.165, 1.54) is 11.9 Å². The molecule has 0 spiro atoms. The molecule has 164 valence electrons. The van der Waals surface area contributed by atoms with Gasteiger partial charge in [-0.05, 0) is 43.5 Å². The van der Waals surface area contributed by atoms with Crippen molar-refractivity contribution in [2.24, 2.45) is 0 Å². The van der Waals surface area contributed by atoms with Gasteiger partial charge in [-0.1, -0.05) is 13.3 Å². The Morgan fingerprint density at radius 3 is 2.50 bits per heavy atom. The summed E-state index contributed by atoms with van der Waals surface area (Å²) < 4.78 is 5.55. The molecule has 1 saturated heterocycles. The first-order chi connectivity index (χ1) is 14.5. The minimum atomic E-state index is -0.493. The van der Waals surface area contributed by atoms with Crippen LogP contribution in [0.1, 0.15) is 43.0 Å². The number of hydrogen-bond donors (Lipinski definition) is 3. The fraction of sp³-hybridized carbons (Fsp3) is 0.524. The van der Waals surface area contributed by atoms with Crippen LogP contribution in [0.2, 0.25) is 0 Å². The van der Waals surface area contributed by atoms with Gasteiger partial charge >= 0.3 is 0 Å². The summed E-state index contributed by atoms with van der Waals surface area (Å²) in [5.41, 5.74) is 0.409. The molecule has 30 heavy (non-hydrogen) atoms. The monoisotopic (exact) mass is 418 g/mol. The third-order valence-electron chi connectivity index (χ3n) is 4.85. The van der Waals surface area contributed by atoms with E-state index in [0.29, 0.717) is 30.9 Å². The van der Waals surface area contributed by atoms with Crippen molar-refractivity contribution < 1.29 is 23.9 Å². The van der Waals surface area contributed by atoms with E-state index in [2.05, 4.69) is 22.9 Å². The molecule has 1 aromatic carbocycles. The molecule has 1 aromatic rings. The van der Waals surface area contributed by atoms with Gasteiger partial charge < -0.3 is 25.6 Å². The lowest BCUT2D eigenvalue weighted by atomic mass is 10.2. The molecule has 3 N–H and O–H groups in total. The summed E-state index contributed by atoms with van der Waals surface area (Å²) in [5.74, 6) is -0.711. The highest BCUT2D eigenvalue weighted by Crippen LogP contribution is 2.17. The zero-order valence-corrected chi connectivity index (χ0v) is 17.5. The summed E-state index contributed by atoms with van der Waals surface area (Å²) in [6.07, 6.45) is 3.36. The molecule has 1 heterocycles. The molecule has 0 aromatic heterocycles. The molecule has 0 bridgehead atoms. The van der Waals surface area contributed by atoms with Crippen LogP contribution in [-0.2, 0) is 14.4 Å². The zero-order valence-electron chi connectivity index (χ0n) is 17.5. The first kappa shape index (κ1) is 23.2. The van der Waals surface area contributed by atoms with Gasteiger partial charge in [0.05, 0.1) is 19.7 Å². The van der Waals surface area contributed by atoms with Gasteiger partial charge in [0, 0.05) is 19.2 Å². The summed E-state index contributed by atoms with van der Waals surface area (Å²) in [4.78, 5) is 49.7. The molecule has 0 aliphatic carbocycles. The number of unbranched alkanes of at least 4 members (excludes halogenated alkanes) is 1. The number of nitrogens with zero attached hydrogens (tertiary/aromatic N) is 1. The van der Waals surface area contributed by atoms with Crippen molar-refractivity contribution in [2.45, 2.75) is 38.6 Å². The van der Waals surface area contributed by atoms with Crippen molar-refractivity contribution in [2.75, 3.05) is 33.3 Å². The Morgan fingerprint density at radius 2 is 1.83 bits per heavy atom. The molecule has 9 heteroatoms. The second kappa shape index (κ2) is 11.8. The largest absolute Gasteiger partial charge is 0.494 e. The van der Waals surface area contributed by atoms with Crippen molar-refractivity contribution in [3.63, 3.8) is 0 Å². The Morgan fingerprint density at radius 1 is 1.10 bits per heavy atom. The van der Waals surface area contributed by atoms with Crippen LogP contribution in [0.5, 0.6) is 5.75 Å². The van der Waals surface area contributed by atoms with E-state index in [-0.39, 0.29) is 24.9 Å². The van der Waals surface area contributed by atoms with Crippen LogP contribution in [0.15, 0.2) is 24.3 Å². The van der Waals surface area contributed by atoms with Crippen molar-refractivity contribution in [3.8, 4) is 5.75 Å². The summed E-state index contributed by atoms with van der Waals surface area (Å²) in [6, 6.07) is 6.19. The third kappa shape index (κ3) is 6.75. The number of likely N-dealkylation sites (N-methyl/N-ethyl adjacent to an activating group) is 1. The highest BCUT2D eigenvalue weighted by Gasteiger charge is 2.33. The lowest BCUT2D eigenvalue weighted by Crippen LogP contribution is -2.49. The number of carbonyl (C=O) groups excluding carboxylic acids is 4. The van der Waals surface area contributed by atoms with Crippen molar-refractivity contribution in [3.05, 3.63) is 29.8 Å². The molecule has 9 nitrogen and oxygen atoms in total. The normalized spacial score (nSPS) is 15.4. The molecular weight excluding hydrogens is 388 g/mol. The van der Waals surface area contributed by atoms with Gasteiger partial charge in [-0.15, -0.1) is 0 Å². The van der Waals surface area contributed by atoms with Gasteiger partial charge in [0.1, 0.15) is 11.8 Å². The average molecular weight is 418 g/mol. The molecule has 0 saturated carbocycles. The maximum atomic E-state index is 12.3. The standard InChI is InChI=1S/C21H30N4O5/c1-3-4-12-30-16-9-7-15(8-10-16)20(28)24-13-18(26)23-14-19(27)25-11-5-6-17(25)21(29)22-2/h7-10,17H,3-6,11-14H2,1-2H3,(H,22,29)(H,23,26)(H,24,28). The molecule has 1 atom stereocenters. The summed E-state index contributed by atoms with van der Waals surface area (Å²) in [7, 11) is 1.53. The molecule has 2 rings (SSSR count). The number of carbonyl (C=O) groups is 4. The van der Waals surface area contributed by atoms with Crippen LogP contribution in [0, 0.1) is 0 Å². The fourth-order valence-electron chi connectivity index (χ4n) is 3.14. The maximum absolute atomic E-state index is 12.3. The fourth-order valence-corrected chi connectivity index (χ4v) is 3.14. The van der Waals surface area contributed by atoms with Crippen LogP contribution in [0.25, 0.3) is 0 Å². The molecule has 1 fully saturated rings. The first-order valence-corrected chi connectivity index (χ1v) is 10.2. The molecule has 0 radical (unpaired) electrons. The molecule has 1 unspecified atom stereocenters. The topological polar surface area (TPSA) is 117 Å². The Kier molecular flexibility index (Phi) is 9.11. The molecule has 4 amide bonds. The van der Waals surface area contributed by atoms with Crippen LogP contribution < -0.4 is 20.7 Å². The van der Waals surface area contributed by atoms with Gasteiger partial charge in [-0.2, -0.15) is 0 Å². The van der Waals surface area contributed by atoms with Gasteiger partial charge in [-0.3, -0.25) is 19.2 Å². The minimum Gasteiger partial charge on any atom is -0.494 e. The van der Waals surface area contributed by atoms with Crippen LogP contribution in [0.3, 0.4) is 0 Å². The lowest BCUT2D eigenvalue weighted by molar-refractivity contribution is -0.138. The van der Waals surface area contributed by atoms with E-state index in [0.717, 1.165) is 19.3 Å². The Balaban J connectivity index is 1.73. The van der Waals surface area contributed by atoms with E-state index in [4.69, 9.17) is 4.74 Å². The number of benzene rings is 1. The molecular formula is C21H30N4O5. The smallest absolute Gasteiger partial charge is 0.251 e. The van der Waals surface area contributed by atoms with Gasteiger partial charge in [0.25, 0.3) is 5.91 Å². The lowest BCUT2D eigenvalue weighted by Gasteiger charge is -2.23. The summed E-state index contributed by atoms with van der Waals surface area (Å²) in [5, 5.41) is 7.55. The van der Waals surface area contributed by atoms with E-state index in [1.807, 2.05) is 0 Å². The van der Waals surface area contributed by atoms with Gasteiger partial charge in [-0.25, -0.2) is 0 Å². The Bertz CT molecular complexity index is 750. The van der Waals surface area contributed by atoms with Crippen molar-refractivity contribution in [1.29, 1.82) is 0 Å². The third-order valence-corrected chi connectivity index (χ3v) is 4.85. The second-order valence-corrected chi connectivity index (χ2v) is 7.05. The Hall–Kier alpha value is -3.10. The number of likely N-dealkylation sites (tertiary alicyclic amines) is 1. The summed E-state index contributed by atoms with van der Waals surface area (Å²) >= 11 is 0. The number of amides is 4. The van der Waals surface area contributed by atoms with E-state index in [9.17, 15) is 19.2 Å². The van der Waals surface area contributed by atoms with Crippen LogP contribution >= 0.6 is 0 Å². The predicted octanol–water partition coefficient (Wildman–Crippen LogP) is 0.449. The van der Waals surface area contributed by atoms with E-state index >= 15 is 0 Å². The van der Waals surface area contributed by atoms with E-state index < -0.39 is 17.9 Å². The number of hydrogen-bond acceptors (Lipinski definition) is 5. The summed E-state index contributed by atoms with van der Waals surface area (Å²) in [6.45, 7) is 2.73. The SMILES string of the molecule is CCCCOc1ccc(C(=O)NCC(=O)NCC(=O)N2CCCC2C(=O)NC)cc1.